The number of nitrogens with one attached hydrogen (secondary N) is 1. The number of hydrogen-bond donors (Lipinski definition) is 2. The molecule has 3 N–H and O–H groups in total. The lowest BCUT2D eigenvalue weighted by Gasteiger charge is -2.24. The maximum atomic E-state index is 5.78. The summed E-state index contributed by atoms with van der Waals surface area (Å²) < 4.78 is 5.78. The molecule has 0 heterocycles. The van der Waals surface area contributed by atoms with Gasteiger partial charge in [-0.15, -0.1) is 0 Å². The van der Waals surface area contributed by atoms with Crippen molar-refractivity contribution in [2.45, 2.75) is 70.9 Å². The van der Waals surface area contributed by atoms with Gasteiger partial charge in [-0.3, -0.25) is 11.3 Å². The Morgan fingerprint density at radius 2 is 2.00 bits per heavy atom. The van der Waals surface area contributed by atoms with E-state index in [-0.39, 0.29) is 12.1 Å². The van der Waals surface area contributed by atoms with Crippen molar-refractivity contribution in [2.75, 3.05) is 0 Å². The lowest BCUT2D eigenvalue weighted by molar-refractivity contribution is 0.242. The van der Waals surface area contributed by atoms with E-state index < -0.39 is 0 Å². The van der Waals surface area contributed by atoms with Crippen molar-refractivity contribution in [3.63, 3.8) is 0 Å². The zero-order valence-corrected chi connectivity index (χ0v) is 13.5. The summed E-state index contributed by atoms with van der Waals surface area (Å²) in [6, 6.07) is 8.54. The number of hydrazine groups is 1. The third kappa shape index (κ3) is 5.33. The summed E-state index contributed by atoms with van der Waals surface area (Å²) in [6.07, 6.45) is 9.60. The molecule has 1 unspecified atom stereocenters. The SMILES string of the molecule is CC(C)Oc1cccc(C(CCC2CCCCC2)NN)c1. The van der Waals surface area contributed by atoms with E-state index in [1.54, 1.807) is 0 Å². The molecule has 1 aliphatic rings. The Kier molecular flexibility index (Phi) is 6.52. The highest BCUT2D eigenvalue weighted by Gasteiger charge is 2.17. The van der Waals surface area contributed by atoms with Gasteiger partial charge in [-0.25, -0.2) is 0 Å². The van der Waals surface area contributed by atoms with E-state index in [1.807, 2.05) is 6.07 Å². The Labute approximate surface area is 129 Å². The summed E-state index contributed by atoms with van der Waals surface area (Å²) in [5.74, 6) is 7.61. The van der Waals surface area contributed by atoms with Gasteiger partial charge in [0.2, 0.25) is 0 Å². The Balaban J connectivity index is 1.92. The van der Waals surface area contributed by atoms with E-state index >= 15 is 0 Å². The van der Waals surface area contributed by atoms with Crippen LogP contribution in [0, 0.1) is 5.92 Å². The molecule has 0 amide bonds. The zero-order valence-electron chi connectivity index (χ0n) is 13.5. The molecule has 3 nitrogen and oxygen atoms in total. The highest BCUT2D eigenvalue weighted by Crippen LogP contribution is 2.31. The normalized spacial score (nSPS) is 17.9. The summed E-state index contributed by atoms with van der Waals surface area (Å²) in [4.78, 5) is 0. The maximum Gasteiger partial charge on any atom is 0.120 e. The van der Waals surface area contributed by atoms with Crippen molar-refractivity contribution in [1.29, 1.82) is 0 Å². The minimum atomic E-state index is 0.201. The molecule has 0 aromatic heterocycles. The van der Waals surface area contributed by atoms with E-state index in [9.17, 15) is 0 Å². The van der Waals surface area contributed by atoms with E-state index in [1.165, 1.54) is 44.1 Å². The standard InChI is InChI=1S/C18H30N2O/c1-14(2)21-17-10-6-9-16(13-17)18(20-19)12-11-15-7-4-3-5-8-15/h6,9-10,13-15,18,20H,3-5,7-8,11-12,19H2,1-2H3. The van der Waals surface area contributed by atoms with Gasteiger partial charge in [0.25, 0.3) is 0 Å². The van der Waals surface area contributed by atoms with E-state index in [0.717, 1.165) is 18.1 Å². The van der Waals surface area contributed by atoms with Gasteiger partial charge in [-0.05, 0) is 50.3 Å². The highest BCUT2D eigenvalue weighted by atomic mass is 16.5. The molecule has 1 aromatic carbocycles. The van der Waals surface area contributed by atoms with Crippen LogP contribution in [0.1, 0.15) is 70.4 Å². The van der Waals surface area contributed by atoms with Crippen LogP contribution in [-0.4, -0.2) is 6.10 Å². The van der Waals surface area contributed by atoms with Gasteiger partial charge in [-0.2, -0.15) is 0 Å². The number of ether oxygens (including phenoxy) is 1. The second-order valence-electron chi connectivity index (χ2n) is 6.54. The summed E-state index contributed by atoms with van der Waals surface area (Å²) in [7, 11) is 0. The molecule has 0 spiro atoms. The molecule has 21 heavy (non-hydrogen) atoms. The fourth-order valence-corrected chi connectivity index (χ4v) is 3.30. The molecule has 0 bridgehead atoms. The average molecular weight is 290 g/mol. The molecule has 0 aliphatic heterocycles. The van der Waals surface area contributed by atoms with Gasteiger partial charge in [-0.1, -0.05) is 44.2 Å². The first-order valence-electron chi connectivity index (χ1n) is 8.41. The van der Waals surface area contributed by atoms with Gasteiger partial charge >= 0.3 is 0 Å². The monoisotopic (exact) mass is 290 g/mol. The third-order valence-electron chi connectivity index (χ3n) is 4.42. The zero-order chi connectivity index (χ0) is 15.1. The van der Waals surface area contributed by atoms with Gasteiger partial charge < -0.3 is 4.74 Å². The molecular weight excluding hydrogens is 260 g/mol. The van der Waals surface area contributed by atoms with Gasteiger partial charge in [0.05, 0.1) is 6.10 Å². The van der Waals surface area contributed by atoms with Crippen LogP contribution in [0.25, 0.3) is 0 Å². The fraction of sp³-hybridized carbons (Fsp3) is 0.667. The van der Waals surface area contributed by atoms with Crippen molar-refractivity contribution in [2.24, 2.45) is 11.8 Å². The van der Waals surface area contributed by atoms with Crippen LogP contribution in [0.5, 0.6) is 5.75 Å². The predicted octanol–water partition coefficient (Wildman–Crippen LogP) is 4.34. The third-order valence-corrected chi connectivity index (χ3v) is 4.42. The summed E-state index contributed by atoms with van der Waals surface area (Å²) in [5.41, 5.74) is 4.21. The number of hydrogen-bond acceptors (Lipinski definition) is 3. The van der Waals surface area contributed by atoms with E-state index in [4.69, 9.17) is 10.6 Å². The summed E-state index contributed by atoms with van der Waals surface area (Å²) >= 11 is 0. The van der Waals surface area contributed by atoms with Gasteiger partial charge in [0, 0.05) is 6.04 Å². The van der Waals surface area contributed by atoms with Gasteiger partial charge in [0.1, 0.15) is 5.75 Å². The van der Waals surface area contributed by atoms with Crippen LogP contribution in [0.3, 0.4) is 0 Å². The Hall–Kier alpha value is -1.06. The van der Waals surface area contributed by atoms with Crippen LogP contribution in [-0.2, 0) is 0 Å². The first-order valence-corrected chi connectivity index (χ1v) is 8.41. The van der Waals surface area contributed by atoms with Crippen molar-refractivity contribution < 1.29 is 4.74 Å². The van der Waals surface area contributed by atoms with E-state index in [0.29, 0.717) is 0 Å². The first-order chi connectivity index (χ1) is 10.2. The van der Waals surface area contributed by atoms with Crippen LogP contribution in [0.15, 0.2) is 24.3 Å². The van der Waals surface area contributed by atoms with Crippen molar-refractivity contribution in [1.82, 2.24) is 5.43 Å². The molecule has 0 radical (unpaired) electrons. The summed E-state index contributed by atoms with van der Waals surface area (Å²) in [6.45, 7) is 4.10. The molecule has 1 fully saturated rings. The Morgan fingerprint density at radius 1 is 1.24 bits per heavy atom. The lowest BCUT2D eigenvalue weighted by Crippen LogP contribution is -2.28. The average Bonchev–Trinajstić information content (AvgIpc) is 2.49. The first kappa shape index (κ1) is 16.3. The Bertz CT molecular complexity index is 413. The van der Waals surface area contributed by atoms with Crippen LogP contribution >= 0.6 is 0 Å². The van der Waals surface area contributed by atoms with Crippen molar-refractivity contribution in [3.8, 4) is 5.75 Å². The van der Waals surface area contributed by atoms with E-state index in [2.05, 4.69) is 37.5 Å². The molecular formula is C18H30N2O. The predicted molar refractivity (Wildman–Crippen MR) is 88.1 cm³/mol. The minimum Gasteiger partial charge on any atom is -0.491 e. The van der Waals surface area contributed by atoms with Gasteiger partial charge in [0.15, 0.2) is 0 Å². The van der Waals surface area contributed by atoms with Crippen LogP contribution < -0.4 is 16.0 Å². The number of rotatable bonds is 7. The highest BCUT2D eigenvalue weighted by molar-refractivity contribution is 5.30. The molecule has 3 heteroatoms. The number of nitrogens with two attached hydrogens (primary N) is 1. The smallest absolute Gasteiger partial charge is 0.120 e. The number of benzene rings is 1. The van der Waals surface area contributed by atoms with Crippen LogP contribution in [0.2, 0.25) is 0 Å². The lowest BCUT2D eigenvalue weighted by atomic mass is 9.84. The molecule has 1 aliphatic carbocycles. The fourth-order valence-electron chi connectivity index (χ4n) is 3.30. The molecule has 1 saturated carbocycles. The second-order valence-corrected chi connectivity index (χ2v) is 6.54. The summed E-state index contributed by atoms with van der Waals surface area (Å²) in [5, 5.41) is 0. The maximum absolute atomic E-state index is 5.78. The van der Waals surface area contributed by atoms with Crippen LogP contribution in [0.4, 0.5) is 0 Å². The van der Waals surface area contributed by atoms with Crippen molar-refractivity contribution >= 4 is 0 Å². The molecule has 1 atom stereocenters. The largest absolute Gasteiger partial charge is 0.491 e. The molecule has 118 valence electrons. The molecule has 1 aromatic rings. The molecule has 0 saturated heterocycles. The quantitative estimate of drug-likeness (QED) is 0.580. The topological polar surface area (TPSA) is 47.3 Å². The Morgan fingerprint density at radius 3 is 2.67 bits per heavy atom. The second kappa shape index (κ2) is 8.40. The van der Waals surface area contributed by atoms with Crippen molar-refractivity contribution in [3.05, 3.63) is 29.8 Å². The molecule has 2 rings (SSSR count). The minimum absolute atomic E-state index is 0.201.